The summed E-state index contributed by atoms with van der Waals surface area (Å²) >= 11 is 0. The summed E-state index contributed by atoms with van der Waals surface area (Å²) in [5.74, 6) is 0.972. The average Bonchev–Trinajstić information content (AvgIpc) is 2.61. The van der Waals surface area contributed by atoms with Gasteiger partial charge in [-0.25, -0.2) is 4.39 Å². The van der Waals surface area contributed by atoms with Crippen molar-refractivity contribution in [3.05, 3.63) is 59.4 Å². The molecule has 1 aliphatic rings. The van der Waals surface area contributed by atoms with Crippen molar-refractivity contribution >= 4 is 5.91 Å². The van der Waals surface area contributed by atoms with Crippen LogP contribution in [0.5, 0.6) is 11.5 Å². The van der Waals surface area contributed by atoms with Crippen LogP contribution in [-0.4, -0.2) is 20.1 Å². The van der Waals surface area contributed by atoms with E-state index < -0.39 is 5.41 Å². The summed E-state index contributed by atoms with van der Waals surface area (Å²) in [5.41, 5.74) is 1.25. The molecule has 1 atom stereocenters. The van der Waals surface area contributed by atoms with Crippen LogP contribution < -0.4 is 14.8 Å². The van der Waals surface area contributed by atoms with Crippen LogP contribution in [-0.2, 0) is 10.2 Å². The van der Waals surface area contributed by atoms with Crippen LogP contribution in [0.1, 0.15) is 43.4 Å². The summed E-state index contributed by atoms with van der Waals surface area (Å²) in [6, 6.07) is 11.7. The highest BCUT2D eigenvalue weighted by molar-refractivity contribution is 5.89. The fraction of sp³-hybridized carbons (Fsp3) is 0.381. The van der Waals surface area contributed by atoms with Crippen molar-refractivity contribution < 1.29 is 18.7 Å². The third-order valence-electron chi connectivity index (χ3n) is 5.29. The third-order valence-corrected chi connectivity index (χ3v) is 5.29. The minimum absolute atomic E-state index is 0.0161. The molecule has 1 saturated carbocycles. The summed E-state index contributed by atoms with van der Waals surface area (Å²) in [7, 11) is 3.18. The summed E-state index contributed by atoms with van der Waals surface area (Å²) in [6.45, 7) is 1.94. The number of ether oxygens (including phenoxy) is 2. The number of halogens is 1. The van der Waals surface area contributed by atoms with E-state index >= 15 is 0 Å². The fourth-order valence-corrected chi connectivity index (χ4v) is 3.49. The molecule has 138 valence electrons. The van der Waals surface area contributed by atoms with E-state index in [0.717, 1.165) is 30.4 Å². The number of methoxy groups -OCH3 is 2. The molecule has 3 rings (SSSR count). The lowest BCUT2D eigenvalue weighted by atomic mass is 9.63. The second-order valence-corrected chi connectivity index (χ2v) is 6.75. The SMILES string of the molecule is COc1ccc(C(C)NC(=O)C2(c3ccc(F)cc3)CCC2)cc1OC. The number of hydrogen-bond acceptors (Lipinski definition) is 3. The summed E-state index contributed by atoms with van der Waals surface area (Å²) in [4.78, 5) is 13.0. The molecular weight excluding hydrogens is 333 g/mol. The minimum atomic E-state index is -0.557. The highest BCUT2D eigenvalue weighted by atomic mass is 19.1. The maximum Gasteiger partial charge on any atom is 0.231 e. The first kappa shape index (κ1) is 18.2. The van der Waals surface area contributed by atoms with Crippen molar-refractivity contribution in [3.8, 4) is 11.5 Å². The summed E-state index contributed by atoms with van der Waals surface area (Å²) in [6.07, 6.45) is 2.56. The van der Waals surface area contributed by atoms with Crippen LogP contribution >= 0.6 is 0 Å². The molecule has 1 unspecified atom stereocenters. The Morgan fingerprint density at radius 1 is 1.08 bits per heavy atom. The number of benzene rings is 2. The van der Waals surface area contributed by atoms with Crippen LogP contribution in [0, 0.1) is 5.82 Å². The van der Waals surface area contributed by atoms with Gasteiger partial charge in [-0.1, -0.05) is 24.6 Å². The molecule has 1 aliphatic carbocycles. The molecule has 1 N–H and O–H groups in total. The largest absolute Gasteiger partial charge is 0.493 e. The first-order chi connectivity index (χ1) is 12.5. The topological polar surface area (TPSA) is 47.6 Å². The van der Waals surface area contributed by atoms with Gasteiger partial charge in [-0.15, -0.1) is 0 Å². The van der Waals surface area contributed by atoms with Crippen LogP contribution in [0.4, 0.5) is 4.39 Å². The van der Waals surface area contributed by atoms with Crippen molar-refractivity contribution in [1.29, 1.82) is 0 Å². The van der Waals surface area contributed by atoms with Gasteiger partial charge < -0.3 is 14.8 Å². The van der Waals surface area contributed by atoms with Crippen LogP contribution in [0.15, 0.2) is 42.5 Å². The third kappa shape index (κ3) is 3.26. The molecule has 4 nitrogen and oxygen atoms in total. The van der Waals surface area contributed by atoms with Crippen molar-refractivity contribution in [2.45, 2.75) is 37.6 Å². The van der Waals surface area contributed by atoms with Gasteiger partial charge in [-0.2, -0.15) is 0 Å². The molecule has 2 aromatic rings. The molecule has 0 spiro atoms. The lowest BCUT2D eigenvalue weighted by Crippen LogP contribution is -2.49. The molecule has 0 radical (unpaired) electrons. The zero-order valence-corrected chi connectivity index (χ0v) is 15.3. The van der Waals surface area contributed by atoms with Gasteiger partial charge >= 0.3 is 0 Å². The van der Waals surface area contributed by atoms with Crippen molar-refractivity contribution in [2.24, 2.45) is 0 Å². The van der Waals surface area contributed by atoms with Crippen molar-refractivity contribution in [1.82, 2.24) is 5.32 Å². The van der Waals surface area contributed by atoms with E-state index in [2.05, 4.69) is 5.32 Å². The first-order valence-electron chi connectivity index (χ1n) is 8.79. The zero-order chi connectivity index (χ0) is 18.7. The minimum Gasteiger partial charge on any atom is -0.493 e. The van der Waals surface area contributed by atoms with E-state index in [1.54, 1.807) is 26.4 Å². The number of hydrogen-bond donors (Lipinski definition) is 1. The Hall–Kier alpha value is -2.56. The van der Waals surface area contributed by atoms with E-state index in [4.69, 9.17) is 9.47 Å². The first-order valence-corrected chi connectivity index (χ1v) is 8.79. The Labute approximate surface area is 153 Å². The molecule has 0 aliphatic heterocycles. The molecule has 5 heteroatoms. The number of carbonyl (C=O) groups is 1. The van der Waals surface area contributed by atoms with Gasteiger partial charge in [0.1, 0.15) is 5.82 Å². The number of carbonyl (C=O) groups excluding carboxylic acids is 1. The Morgan fingerprint density at radius 3 is 2.27 bits per heavy atom. The number of rotatable bonds is 6. The zero-order valence-electron chi connectivity index (χ0n) is 15.3. The van der Waals surface area contributed by atoms with Gasteiger partial charge in [0.25, 0.3) is 0 Å². The van der Waals surface area contributed by atoms with Crippen LogP contribution in [0.25, 0.3) is 0 Å². The van der Waals surface area contributed by atoms with Gasteiger partial charge in [0, 0.05) is 0 Å². The lowest BCUT2D eigenvalue weighted by molar-refractivity contribution is -0.130. The smallest absolute Gasteiger partial charge is 0.231 e. The Morgan fingerprint density at radius 2 is 1.73 bits per heavy atom. The van der Waals surface area contributed by atoms with Gasteiger partial charge in [-0.05, 0) is 55.2 Å². The Bertz CT molecular complexity index is 784. The lowest BCUT2D eigenvalue weighted by Gasteiger charge is -2.41. The molecule has 0 heterocycles. The second-order valence-electron chi connectivity index (χ2n) is 6.75. The van der Waals surface area contributed by atoms with E-state index in [1.807, 2.05) is 25.1 Å². The van der Waals surface area contributed by atoms with Crippen molar-refractivity contribution in [2.75, 3.05) is 14.2 Å². The summed E-state index contributed by atoms with van der Waals surface area (Å²) in [5, 5.41) is 3.11. The highest BCUT2D eigenvalue weighted by Gasteiger charge is 2.45. The molecule has 0 saturated heterocycles. The monoisotopic (exact) mass is 357 g/mol. The number of amides is 1. The van der Waals surface area contributed by atoms with Gasteiger partial charge in [-0.3, -0.25) is 4.79 Å². The highest BCUT2D eigenvalue weighted by Crippen LogP contribution is 2.44. The Kier molecular flexibility index (Phi) is 5.16. The fourth-order valence-electron chi connectivity index (χ4n) is 3.49. The molecule has 2 aromatic carbocycles. The van der Waals surface area contributed by atoms with Crippen LogP contribution in [0.3, 0.4) is 0 Å². The maximum absolute atomic E-state index is 13.2. The van der Waals surface area contributed by atoms with E-state index in [-0.39, 0.29) is 17.8 Å². The van der Waals surface area contributed by atoms with E-state index in [9.17, 15) is 9.18 Å². The van der Waals surface area contributed by atoms with Crippen molar-refractivity contribution in [3.63, 3.8) is 0 Å². The molecule has 26 heavy (non-hydrogen) atoms. The Balaban J connectivity index is 1.79. The quantitative estimate of drug-likeness (QED) is 0.845. The van der Waals surface area contributed by atoms with E-state index in [0.29, 0.717) is 11.5 Å². The van der Waals surface area contributed by atoms with Gasteiger partial charge in [0.15, 0.2) is 11.5 Å². The molecule has 1 amide bonds. The normalized spacial score (nSPS) is 16.3. The molecule has 0 bridgehead atoms. The standard InChI is InChI=1S/C21H24FNO3/c1-14(15-5-10-18(25-2)19(13-15)26-3)23-20(24)21(11-4-12-21)16-6-8-17(22)9-7-16/h5-10,13-14H,4,11-12H2,1-3H3,(H,23,24). The maximum atomic E-state index is 13.2. The predicted octanol–water partition coefficient (Wildman–Crippen LogP) is 4.14. The van der Waals surface area contributed by atoms with Crippen LogP contribution in [0.2, 0.25) is 0 Å². The summed E-state index contributed by atoms with van der Waals surface area (Å²) < 4.78 is 23.8. The molecular formula is C21H24FNO3. The molecule has 0 aromatic heterocycles. The second kappa shape index (κ2) is 7.36. The van der Waals surface area contributed by atoms with E-state index in [1.165, 1.54) is 12.1 Å². The predicted molar refractivity (Wildman–Crippen MR) is 98.0 cm³/mol. The molecule has 1 fully saturated rings. The average molecular weight is 357 g/mol. The van der Waals surface area contributed by atoms with Gasteiger partial charge in [0.2, 0.25) is 5.91 Å². The van der Waals surface area contributed by atoms with Gasteiger partial charge in [0.05, 0.1) is 25.7 Å². The number of nitrogens with one attached hydrogen (secondary N) is 1.